The number of nitrogens with one attached hydrogen (secondary N) is 2. The second-order valence-electron chi connectivity index (χ2n) is 16.3. The lowest BCUT2D eigenvalue weighted by molar-refractivity contribution is -0.337. The lowest BCUT2D eigenvalue weighted by atomic mass is 9.94. The molecule has 7 rings (SSSR count). The summed E-state index contributed by atoms with van der Waals surface area (Å²) >= 11 is 0. The first-order valence-electron chi connectivity index (χ1n) is 22.3. The molecule has 2 saturated heterocycles. The zero-order valence-electron chi connectivity index (χ0n) is 37.5. The Hall–Kier alpha value is -6.01. The average Bonchev–Trinajstić information content (AvgIpc) is 3.34. The molecule has 3 N–H and O–H groups in total. The van der Waals surface area contributed by atoms with E-state index in [1.807, 2.05) is 152 Å². The van der Waals surface area contributed by atoms with Crippen molar-refractivity contribution in [2.24, 2.45) is 0 Å². The van der Waals surface area contributed by atoms with Crippen LogP contribution in [0.15, 0.2) is 152 Å². The van der Waals surface area contributed by atoms with Crippen LogP contribution in [-0.2, 0) is 85.3 Å². The fourth-order valence-corrected chi connectivity index (χ4v) is 7.97. The van der Waals surface area contributed by atoms with Crippen molar-refractivity contribution in [3.05, 3.63) is 179 Å². The van der Waals surface area contributed by atoms with Gasteiger partial charge < -0.3 is 58.4 Å². The molecular weight excluding hydrogens is 861 g/mol. The number of benzene rings is 5. The van der Waals surface area contributed by atoms with Crippen LogP contribution in [0.5, 0.6) is 0 Å². The number of carbonyl (C=O) groups is 3. The normalized spacial score (nSPS) is 24.8. The number of esters is 1. The van der Waals surface area contributed by atoms with Gasteiger partial charge in [0.1, 0.15) is 49.2 Å². The summed E-state index contributed by atoms with van der Waals surface area (Å²) in [6.07, 6.45) is -10.4. The average molecular weight is 919 g/mol. The molecular formula is C52H58N2O13. The fraction of sp³-hybridized carbons (Fsp3) is 0.365. The minimum absolute atomic E-state index is 0.0286. The minimum atomic E-state index is -1.64. The lowest BCUT2D eigenvalue weighted by Gasteiger charge is -2.49. The SMILES string of the molecule is CC(=O)N[C@H]1[C@H](O[C@H]2[C@H](OCc3ccccc3)[C@@H](NC(=O)OCc3ccccc3)[C@H](O)O[C@@H]2COCc2ccccc2)O[C@H](COCc2ccccc2)[C@@H](OC(C)=O)[C@@H]1OCc1ccccc1. The van der Waals surface area contributed by atoms with Crippen molar-refractivity contribution in [3.63, 3.8) is 0 Å². The quantitative estimate of drug-likeness (QED) is 0.0715. The Bertz CT molecular complexity index is 2240. The smallest absolute Gasteiger partial charge is 0.407 e. The monoisotopic (exact) mass is 918 g/mol. The van der Waals surface area contributed by atoms with E-state index in [9.17, 15) is 19.5 Å². The Morgan fingerprint density at radius 3 is 1.37 bits per heavy atom. The van der Waals surface area contributed by atoms with Gasteiger partial charge in [0.15, 0.2) is 18.7 Å². The summed E-state index contributed by atoms with van der Waals surface area (Å²) in [7, 11) is 0. The number of carbonyl (C=O) groups excluding carboxylic acids is 3. The summed E-state index contributed by atoms with van der Waals surface area (Å²) in [6, 6.07) is 44.6. The van der Waals surface area contributed by atoms with Crippen molar-refractivity contribution >= 4 is 18.0 Å². The zero-order valence-corrected chi connectivity index (χ0v) is 37.5. The van der Waals surface area contributed by atoms with Crippen LogP contribution >= 0.6 is 0 Å². The van der Waals surface area contributed by atoms with Crippen molar-refractivity contribution < 1.29 is 62.1 Å². The summed E-state index contributed by atoms with van der Waals surface area (Å²) in [4.78, 5) is 39.6. The molecule has 0 aliphatic carbocycles. The van der Waals surface area contributed by atoms with E-state index in [2.05, 4.69) is 10.6 Å². The molecule has 0 spiro atoms. The van der Waals surface area contributed by atoms with Gasteiger partial charge in [0.25, 0.3) is 0 Å². The molecule has 0 saturated carbocycles. The molecule has 15 nitrogen and oxygen atoms in total. The molecule has 0 unspecified atom stereocenters. The van der Waals surface area contributed by atoms with Crippen LogP contribution in [0.2, 0.25) is 0 Å². The maximum atomic E-state index is 13.6. The highest BCUT2D eigenvalue weighted by atomic mass is 16.7. The van der Waals surface area contributed by atoms with E-state index >= 15 is 0 Å². The van der Waals surface area contributed by atoms with Crippen molar-refractivity contribution in [2.75, 3.05) is 13.2 Å². The van der Waals surface area contributed by atoms with Crippen LogP contribution in [0.3, 0.4) is 0 Å². The summed E-state index contributed by atoms with van der Waals surface area (Å²) in [5.41, 5.74) is 4.16. The van der Waals surface area contributed by atoms with Crippen molar-refractivity contribution in [1.82, 2.24) is 10.6 Å². The molecule has 15 heteroatoms. The van der Waals surface area contributed by atoms with E-state index in [1.165, 1.54) is 13.8 Å². The fourth-order valence-electron chi connectivity index (χ4n) is 7.97. The highest BCUT2D eigenvalue weighted by molar-refractivity contribution is 5.73. The predicted octanol–water partition coefficient (Wildman–Crippen LogP) is 6.15. The largest absolute Gasteiger partial charge is 0.457 e. The molecule has 67 heavy (non-hydrogen) atoms. The molecule has 2 fully saturated rings. The topological polar surface area (TPSA) is 179 Å². The Morgan fingerprint density at radius 2 is 0.925 bits per heavy atom. The second-order valence-corrected chi connectivity index (χ2v) is 16.3. The van der Waals surface area contributed by atoms with Crippen LogP contribution in [0.25, 0.3) is 0 Å². The number of hydrogen-bond donors (Lipinski definition) is 3. The third-order valence-electron chi connectivity index (χ3n) is 11.1. The number of hydrogen-bond acceptors (Lipinski definition) is 13. The lowest BCUT2D eigenvalue weighted by Crippen LogP contribution is -2.70. The Labute approximate surface area is 390 Å². The summed E-state index contributed by atoms with van der Waals surface area (Å²) < 4.78 is 57.4. The molecule has 10 atom stereocenters. The molecule has 2 aliphatic heterocycles. The number of amides is 2. The highest BCUT2D eigenvalue weighted by Crippen LogP contribution is 2.34. The molecule has 0 bridgehead atoms. The number of ether oxygens (including phenoxy) is 9. The first-order valence-corrected chi connectivity index (χ1v) is 22.3. The minimum Gasteiger partial charge on any atom is -0.457 e. The van der Waals surface area contributed by atoms with Gasteiger partial charge in [-0.3, -0.25) is 9.59 Å². The summed E-state index contributed by atoms with van der Waals surface area (Å²) in [6.45, 7) is 2.88. The Balaban J connectivity index is 1.24. The molecule has 0 radical (unpaired) electrons. The van der Waals surface area contributed by atoms with Crippen molar-refractivity contribution in [2.45, 2.75) is 108 Å². The summed E-state index contributed by atoms with van der Waals surface area (Å²) in [5, 5.41) is 17.5. The van der Waals surface area contributed by atoms with Gasteiger partial charge in [-0.05, 0) is 27.8 Å². The van der Waals surface area contributed by atoms with Gasteiger partial charge in [0.05, 0.1) is 39.6 Å². The molecule has 2 heterocycles. The van der Waals surface area contributed by atoms with Crippen LogP contribution in [0.1, 0.15) is 41.7 Å². The third-order valence-corrected chi connectivity index (χ3v) is 11.1. The molecule has 0 aromatic heterocycles. The number of aliphatic hydroxyl groups excluding tert-OH is 1. The van der Waals surface area contributed by atoms with Gasteiger partial charge in [-0.15, -0.1) is 0 Å². The molecule has 2 amide bonds. The van der Waals surface area contributed by atoms with Crippen LogP contribution < -0.4 is 10.6 Å². The van der Waals surface area contributed by atoms with Gasteiger partial charge in [-0.25, -0.2) is 4.79 Å². The van der Waals surface area contributed by atoms with Gasteiger partial charge in [-0.1, -0.05) is 152 Å². The van der Waals surface area contributed by atoms with E-state index in [4.69, 9.17) is 42.6 Å². The van der Waals surface area contributed by atoms with E-state index in [-0.39, 0.29) is 46.2 Å². The van der Waals surface area contributed by atoms with Gasteiger partial charge in [0.2, 0.25) is 5.91 Å². The van der Waals surface area contributed by atoms with Gasteiger partial charge >= 0.3 is 12.1 Å². The molecule has 5 aromatic rings. The van der Waals surface area contributed by atoms with Crippen LogP contribution in [0, 0.1) is 0 Å². The first-order chi connectivity index (χ1) is 32.7. The zero-order chi connectivity index (χ0) is 46.8. The number of aliphatic hydroxyl groups is 1. The number of rotatable bonds is 21. The highest BCUT2D eigenvalue weighted by Gasteiger charge is 2.54. The maximum absolute atomic E-state index is 13.6. The van der Waals surface area contributed by atoms with Crippen molar-refractivity contribution in [1.29, 1.82) is 0 Å². The van der Waals surface area contributed by atoms with E-state index in [0.29, 0.717) is 0 Å². The second kappa shape index (κ2) is 25.2. The van der Waals surface area contributed by atoms with Gasteiger partial charge in [0, 0.05) is 13.8 Å². The van der Waals surface area contributed by atoms with Crippen molar-refractivity contribution in [3.8, 4) is 0 Å². The van der Waals surface area contributed by atoms with Gasteiger partial charge in [-0.2, -0.15) is 0 Å². The summed E-state index contributed by atoms with van der Waals surface area (Å²) in [5.74, 6) is -1.06. The molecule has 2 aliphatic rings. The Kier molecular flexibility index (Phi) is 18.4. The van der Waals surface area contributed by atoms with E-state index < -0.39 is 79.3 Å². The standard InChI is InChI=1S/C52H58N2O13/c1-35(55)53-45-49(62-31-40-24-14-6-15-25-40)46(64-36(2)56)43(34-60-29-38-20-10-4-11-21-38)66-51(45)67-47-42(33-59-28-37-18-8-3-9-19-37)65-50(57)44(48(47)61-30-39-22-12-5-13-23-39)54-52(58)63-32-41-26-16-7-17-27-41/h3-27,42-51,57H,28-34H2,1-2H3,(H,53,55)(H,54,58)/t42-,43-,44-,45-,46-,47-,48-,49-,50-,51+/m1/s1. The van der Waals surface area contributed by atoms with Crippen LogP contribution in [-0.4, -0.2) is 97.6 Å². The first kappa shape index (κ1) is 48.9. The number of alkyl carbamates (subject to hydrolysis) is 1. The van der Waals surface area contributed by atoms with Crippen LogP contribution in [0.4, 0.5) is 4.79 Å². The van der Waals surface area contributed by atoms with E-state index in [1.54, 1.807) is 0 Å². The predicted molar refractivity (Wildman–Crippen MR) is 243 cm³/mol. The maximum Gasteiger partial charge on any atom is 0.407 e. The molecule has 354 valence electrons. The Morgan fingerprint density at radius 1 is 0.507 bits per heavy atom. The third kappa shape index (κ3) is 14.7. The van der Waals surface area contributed by atoms with E-state index in [0.717, 1.165) is 27.8 Å². The molecule has 5 aromatic carbocycles.